The van der Waals surface area contributed by atoms with Crippen LogP contribution in [-0.4, -0.2) is 65.1 Å². The topological polar surface area (TPSA) is 128 Å². The predicted octanol–water partition coefficient (Wildman–Crippen LogP) is 2.43. The van der Waals surface area contributed by atoms with E-state index in [2.05, 4.69) is 15.3 Å². The highest BCUT2D eigenvalue weighted by molar-refractivity contribution is 6.50. The van der Waals surface area contributed by atoms with Crippen LogP contribution in [0.2, 0.25) is 0 Å². The summed E-state index contributed by atoms with van der Waals surface area (Å²) in [5, 5.41) is 12.8. The Kier molecular flexibility index (Phi) is 5.72. The van der Waals surface area contributed by atoms with Gasteiger partial charge in [0, 0.05) is 40.3 Å². The maximum Gasteiger partial charge on any atom is 0.340 e. The summed E-state index contributed by atoms with van der Waals surface area (Å²) in [6, 6.07) is 12.7. The number of carbonyl (C=O) groups excluding carboxylic acids is 3. The van der Waals surface area contributed by atoms with Crippen molar-refractivity contribution in [1.82, 2.24) is 20.2 Å². The quantitative estimate of drug-likeness (QED) is 0.242. The fraction of sp³-hybridized carbons (Fsp3) is 0.192. The number of esters is 1. The summed E-state index contributed by atoms with van der Waals surface area (Å²) >= 11 is 0. The molecule has 0 fully saturated rings. The van der Waals surface area contributed by atoms with Crippen LogP contribution in [0.1, 0.15) is 27.2 Å². The van der Waals surface area contributed by atoms with Gasteiger partial charge in [0.1, 0.15) is 6.61 Å². The van der Waals surface area contributed by atoms with E-state index in [9.17, 15) is 14.4 Å². The third-order valence-corrected chi connectivity index (χ3v) is 5.94. The monoisotopic (exact) mass is 472 g/mol. The van der Waals surface area contributed by atoms with E-state index in [0.29, 0.717) is 28.6 Å². The van der Waals surface area contributed by atoms with Gasteiger partial charge in [-0.05, 0) is 37.9 Å². The molecule has 0 spiro atoms. The minimum absolute atomic E-state index is 0.120. The number of hydrogen-bond acceptors (Lipinski definition) is 6. The third kappa shape index (κ3) is 3.90. The van der Waals surface area contributed by atoms with Crippen LogP contribution in [0.15, 0.2) is 48.7 Å². The summed E-state index contributed by atoms with van der Waals surface area (Å²) in [5.74, 6) is -1.56. The number of carbonyl (C=O) groups is 3. The van der Waals surface area contributed by atoms with Gasteiger partial charge in [-0.25, -0.2) is 4.79 Å². The molecular weight excluding hydrogens is 448 g/mol. The van der Waals surface area contributed by atoms with E-state index in [0.717, 1.165) is 16.6 Å². The molecule has 2 aromatic heterocycles. The molecule has 0 saturated carbocycles. The molecule has 3 heterocycles. The number of amides is 2. The number of aliphatic hydroxyl groups is 1. The minimum atomic E-state index is -0.593. The maximum absolute atomic E-state index is 13.0. The lowest BCUT2D eigenvalue weighted by atomic mass is 9.93. The van der Waals surface area contributed by atoms with Crippen molar-refractivity contribution in [3.63, 3.8) is 0 Å². The van der Waals surface area contributed by atoms with E-state index >= 15 is 0 Å². The largest absolute Gasteiger partial charge is 0.460 e. The van der Waals surface area contributed by atoms with E-state index in [1.165, 1.54) is 0 Å². The second kappa shape index (κ2) is 8.86. The SMILES string of the molecule is CN(C)Cc1cc2c(C3=C(c4c[nH]c5c(C(=O)OCCO)cccc45)C(=O)NC3=O)cccc2[nH]1. The van der Waals surface area contributed by atoms with Gasteiger partial charge in [-0.2, -0.15) is 0 Å². The summed E-state index contributed by atoms with van der Waals surface area (Å²) < 4.78 is 5.07. The lowest BCUT2D eigenvalue weighted by molar-refractivity contribution is -0.122. The van der Waals surface area contributed by atoms with E-state index in [1.54, 1.807) is 24.4 Å². The molecule has 1 aliphatic heterocycles. The highest BCUT2D eigenvalue weighted by Gasteiger charge is 2.34. The number of H-pyrrole nitrogens is 2. The first-order valence-electron chi connectivity index (χ1n) is 11.1. The number of rotatable bonds is 7. The molecule has 0 radical (unpaired) electrons. The van der Waals surface area contributed by atoms with Gasteiger partial charge in [0.05, 0.1) is 28.8 Å². The second-order valence-corrected chi connectivity index (χ2v) is 8.62. The molecule has 0 aliphatic carbocycles. The number of aromatic amines is 2. The van der Waals surface area contributed by atoms with Gasteiger partial charge < -0.3 is 24.7 Å². The van der Waals surface area contributed by atoms with Gasteiger partial charge in [-0.1, -0.05) is 24.3 Å². The molecule has 2 amide bonds. The van der Waals surface area contributed by atoms with Crippen LogP contribution in [0.25, 0.3) is 33.0 Å². The van der Waals surface area contributed by atoms with Crippen LogP contribution < -0.4 is 5.32 Å². The molecule has 1 aliphatic rings. The number of nitrogens with one attached hydrogen (secondary N) is 3. The normalized spacial score (nSPS) is 13.9. The first kappa shape index (κ1) is 22.6. The number of hydrogen-bond donors (Lipinski definition) is 4. The summed E-state index contributed by atoms with van der Waals surface area (Å²) in [5.41, 5.74) is 4.29. The number of ether oxygens (including phenoxy) is 1. The third-order valence-electron chi connectivity index (χ3n) is 5.94. The highest BCUT2D eigenvalue weighted by Crippen LogP contribution is 2.38. The summed E-state index contributed by atoms with van der Waals surface area (Å²) in [4.78, 5) is 47.0. The Balaban J connectivity index is 1.69. The summed E-state index contributed by atoms with van der Waals surface area (Å²) in [6.45, 7) is 0.297. The van der Waals surface area contributed by atoms with E-state index in [1.807, 2.05) is 43.3 Å². The van der Waals surface area contributed by atoms with Crippen LogP contribution in [-0.2, 0) is 20.9 Å². The van der Waals surface area contributed by atoms with E-state index in [4.69, 9.17) is 9.84 Å². The van der Waals surface area contributed by atoms with E-state index < -0.39 is 17.8 Å². The van der Waals surface area contributed by atoms with Gasteiger partial charge in [0.25, 0.3) is 11.8 Å². The number of benzene rings is 2. The first-order chi connectivity index (χ1) is 16.9. The average molecular weight is 473 g/mol. The Morgan fingerprint density at radius 3 is 2.49 bits per heavy atom. The molecule has 9 heteroatoms. The zero-order chi connectivity index (χ0) is 24.7. The molecule has 0 saturated heterocycles. The smallest absolute Gasteiger partial charge is 0.340 e. The second-order valence-electron chi connectivity index (χ2n) is 8.62. The molecule has 0 unspecified atom stereocenters. The zero-order valence-corrected chi connectivity index (χ0v) is 19.3. The molecular formula is C26H24N4O5. The minimum Gasteiger partial charge on any atom is -0.460 e. The predicted molar refractivity (Wildman–Crippen MR) is 131 cm³/mol. The first-order valence-corrected chi connectivity index (χ1v) is 11.1. The standard InChI is InChI=1S/C26H24N4O5/c1-30(2)13-14-11-18-15(5-4-8-20(18)28-14)21-22(25(33)29-24(21)32)19-12-27-23-16(19)6-3-7-17(23)26(34)35-10-9-31/h3-8,11-12,27-28,31H,9-10,13H2,1-2H3,(H,29,32,33). The molecule has 4 aromatic rings. The fourth-order valence-corrected chi connectivity index (χ4v) is 4.57. The lowest BCUT2D eigenvalue weighted by Gasteiger charge is -2.07. The Morgan fingerprint density at radius 1 is 1.00 bits per heavy atom. The Hall–Kier alpha value is -4.21. The van der Waals surface area contributed by atoms with Crippen LogP contribution in [0.3, 0.4) is 0 Å². The molecule has 9 nitrogen and oxygen atoms in total. The van der Waals surface area contributed by atoms with Crippen LogP contribution >= 0.6 is 0 Å². The zero-order valence-electron chi connectivity index (χ0n) is 19.3. The van der Waals surface area contributed by atoms with Gasteiger partial charge in [-0.15, -0.1) is 0 Å². The van der Waals surface area contributed by atoms with Crippen LogP contribution in [0.4, 0.5) is 0 Å². The van der Waals surface area contributed by atoms with Crippen molar-refractivity contribution in [3.8, 4) is 0 Å². The van der Waals surface area contributed by atoms with Crippen molar-refractivity contribution in [3.05, 3.63) is 71.0 Å². The van der Waals surface area contributed by atoms with Crippen LogP contribution in [0.5, 0.6) is 0 Å². The number of aliphatic hydroxyl groups excluding tert-OH is 1. The molecule has 4 N–H and O–H groups in total. The molecule has 178 valence electrons. The van der Waals surface area contributed by atoms with Gasteiger partial charge in [-0.3, -0.25) is 14.9 Å². The average Bonchev–Trinajstić information content (AvgIpc) is 3.50. The van der Waals surface area contributed by atoms with Crippen molar-refractivity contribution in [2.24, 2.45) is 0 Å². The van der Waals surface area contributed by atoms with Gasteiger partial charge in [0.2, 0.25) is 0 Å². The molecule has 35 heavy (non-hydrogen) atoms. The molecule has 2 aromatic carbocycles. The number of fused-ring (bicyclic) bond motifs is 2. The van der Waals surface area contributed by atoms with Gasteiger partial charge >= 0.3 is 5.97 Å². The Morgan fingerprint density at radius 2 is 1.74 bits per heavy atom. The molecule has 5 rings (SSSR count). The van der Waals surface area contributed by atoms with E-state index in [-0.39, 0.29) is 29.9 Å². The number of para-hydroxylation sites is 1. The maximum atomic E-state index is 13.0. The molecule has 0 atom stereocenters. The van der Waals surface area contributed by atoms with Crippen molar-refractivity contribution in [2.75, 3.05) is 27.3 Å². The number of nitrogens with zero attached hydrogens (tertiary/aromatic N) is 1. The highest BCUT2D eigenvalue weighted by atomic mass is 16.5. The van der Waals surface area contributed by atoms with Crippen molar-refractivity contribution < 1.29 is 24.2 Å². The fourth-order valence-electron chi connectivity index (χ4n) is 4.57. The summed E-state index contributed by atoms with van der Waals surface area (Å²) in [7, 11) is 3.95. The molecule has 0 bridgehead atoms. The number of aromatic nitrogens is 2. The van der Waals surface area contributed by atoms with Crippen LogP contribution in [0, 0.1) is 0 Å². The van der Waals surface area contributed by atoms with Gasteiger partial charge in [0.15, 0.2) is 0 Å². The lowest BCUT2D eigenvalue weighted by Crippen LogP contribution is -2.22. The Labute approximate surface area is 200 Å². The van der Waals surface area contributed by atoms with Crippen molar-refractivity contribution in [2.45, 2.75) is 6.54 Å². The van der Waals surface area contributed by atoms with Crippen molar-refractivity contribution in [1.29, 1.82) is 0 Å². The summed E-state index contributed by atoms with van der Waals surface area (Å²) in [6.07, 6.45) is 1.62. The Bertz CT molecular complexity index is 1530. The number of imide groups is 1. The van der Waals surface area contributed by atoms with Crippen molar-refractivity contribution >= 4 is 50.7 Å².